The summed E-state index contributed by atoms with van der Waals surface area (Å²) in [5.74, 6) is 1.06. The van der Waals surface area contributed by atoms with Gasteiger partial charge in [0.05, 0.1) is 12.2 Å². The fourth-order valence-electron chi connectivity index (χ4n) is 3.05. The maximum absolute atomic E-state index is 5.78. The molecular formula is C19H24N2O. The first-order valence-electron chi connectivity index (χ1n) is 8.10. The Morgan fingerprint density at radius 2 is 1.64 bits per heavy atom. The molecule has 22 heavy (non-hydrogen) atoms. The number of pyridine rings is 1. The normalized spacial score (nSPS) is 21.8. The SMILES string of the molecule is C[C@@H]1CN(c2ccc(CCc3ccccc3)cn2)C[C@@H](C)O1. The monoisotopic (exact) mass is 296 g/mol. The lowest BCUT2D eigenvalue weighted by Gasteiger charge is -2.36. The van der Waals surface area contributed by atoms with Gasteiger partial charge in [-0.25, -0.2) is 4.98 Å². The number of ether oxygens (including phenoxy) is 1. The molecule has 1 fully saturated rings. The second-order valence-electron chi connectivity index (χ2n) is 6.17. The fraction of sp³-hybridized carbons (Fsp3) is 0.421. The second-order valence-corrected chi connectivity index (χ2v) is 6.17. The number of benzene rings is 1. The van der Waals surface area contributed by atoms with Crippen LogP contribution in [0.5, 0.6) is 0 Å². The van der Waals surface area contributed by atoms with Crippen molar-refractivity contribution >= 4 is 5.82 Å². The average Bonchev–Trinajstić information content (AvgIpc) is 2.53. The minimum Gasteiger partial charge on any atom is -0.372 e. The van der Waals surface area contributed by atoms with Crippen molar-refractivity contribution in [1.82, 2.24) is 4.98 Å². The second kappa shape index (κ2) is 6.93. The van der Waals surface area contributed by atoms with Gasteiger partial charge < -0.3 is 9.64 Å². The van der Waals surface area contributed by atoms with Crippen molar-refractivity contribution < 1.29 is 4.74 Å². The number of nitrogens with zero attached hydrogens (tertiary/aromatic N) is 2. The van der Waals surface area contributed by atoms with Crippen LogP contribution in [0.1, 0.15) is 25.0 Å². The fourth-order valence-corrected chi connectivity index (χ4v) is 3.05. The topological polar surface area (TPSA) is 25.4 Å². The summed E-state index contributed by atoms with van der Waals surface area (Å²) in [4.78, 5) is 6.97. The number of rotatable bonds is 4. The van der Waals surface area contributed by atoms with Crippen molar-refractivity contribution in [2.45, 2.75) is 38.9 Å². The summed E-state index contributed by atoms with van der Waals surface area (Å²) < 4.78 is 5.78. The molecule has 0 amide bonds. The van der Waals surface area contributed by atoms with E-state index in [1.807, 2.05) is 6.20 Å². The molecule has 3 nitrogen and oxygen atoms in total. The van der Waals surface area contributed by atoms with Gasteiger partial charge in [-0.2, -0.15) is 0 Å². The van der Waals surface area contributed by atoms with E-state index in [0.29, 0.717) is 0 Å². The van der Waals surface area contributed by atoms with E-state index < -0.39 is 0 Å². The molecule has 0 unspecified atom stereocenters. The van der Waals surface area contributed by atoms with Crippen LogP contribution in [0.25, 0.3) is 0 Å². The van der Waals surface area contributed by atoms with Crippen molar-refractivity contribution in [1.29, 1.82) is 0 Å². The Labute approximate surface area is 132 Å². The van der Waals surface area contributed by atoms with E-state index in [4.69, 9.17) is 4.74 Å². The molecule has 0 saturated carbocycles. The number of aryl methyl sites for hydroxylation is 2. The first-order chi connectivity index (χ1) is 10.7. The molecule has 0 radical (unpaired) electrons. The molecule has 1 aliphatic heterocycles. The Balaban J connectivity index is 1.60. The lowest BCUT2D eigenvalue weighted by atomic mass is 10.1. The summed E-state index contributed by atoms with van der Waals surface area (Å²) in [6.07, 6.45) is 4.65. The number of anilines is 1. The first-order valence-corrected chi connectivity index (χ1v) is 8.10. The van der Waals surface area contributed by atoms with E-state index in [0.717, 1.165) is 31.7 Å². The predicted octanol–water partition coefficient (Wildman–Crippen LogP) is 3.48. The van der Waals surface area contributed by atoms with Crippen molar-refractivity contribution in [3.63, 3.8) is 0 Å². The Bertz CT molecular complexity index is 572. The van der Waals surface area contributed by atoms with E-state index in [-0.39, 0.29) is 12.2 Å². The van der Waals surface area contributed by atoms with Crippen LogP contribution in [0.15, 0.2) is 48.7 Å². The molecule has 0 bridgehead atoms. The van der Waals surface area contributed by atoms with Crippen molar-refractivity contribution in [2.75, 3.05) is 18.0 Å². The summed E-state index contributed by atoms with van der Waals surface area (Å²) in [5.41, 5.74) is 2.67. The van der Waals surface area contributed by atoms with E-state index in [9.17, 15) is 0 Å². The molecule has 2 aromatic rings. The minimum absolute atomic E-state index is 0.267. The first kappa shape index (κ1) is 15.0. The van der Waals surface area contributed by atoms with Crippen LogP contribution in [-0.2, 0) is 17.6 Å². The van der Waals surface area contributed by atoms with Crippen LogP contribution < -0.4 is 4.90 Å². The van der Waals surface area contributed by atoms with E-state index in [2.05, 4.69) is 66.2 Å². The van der Waals surface area contributed by atoms with E-state index in [1.54, 1.807) is 0 Å². The summed E-state index contributed by atoms with van der Waals surface area (Å²) in [5, 5.41) is 0. The highest BCUT2D eigenvalue weighted by molar-refractivity contribution is 5.40. The van der Waals surface area contributed by atoms with E-state index in [1.165, 1.54) is 11.1 Å². The van der Waals surface area contributed by atoms with Gasteiger partial charge in [0.25, 0.3) is 0 Å². The lowest BCUT2D eigenvalue weighted by Crippen LogP contribution is -2.45. The van der Waals surface area contributed by atoms with Crippen LogP contribution in [0.2, 0.25) is 0 Å². The van der Waals surface area contributed by atoms with Crippen LogP contribution in [-0.4, -0.2) is 30.3 Å². The maximum atomic E-state index is 5.78. The molecule has 1 aromatic heterocycles. The third kappa shape index (κ3) is 3.86. The molecule has 3 rings (SSSR count). The smallest absolute Gasteiger partial charge is 0.128 e. The largest absolute Gasteiger partial charge is 0.372 e. The molecule has 116 valence electrons. The summed E-state index contributed by atoms with van der Waals surface area (Å²) in [6, 6.07) is 15.0. The summed E-state index contributed by atoms with van der Waals surface area (Å²) in [7, 11) is 0. The van der Waals surface area contributed by atoms with Gasteiger partial charge in [0.2, 0.25) is 0 Å². The maximum Gasteiger partial charge on any atom is 0.128 e. The van der Waals surface area contributed by atoms with E-state index >= 15 is 0 Å². The van der Waals surface area contributed by atoms with Gasteiger partial charge in [-0.15, -0.1) is 0 Å². The number of morpholine rings is 1. The van der Waals surface area contributed by atoms with Gasteiger partial charge in [0.15, 0.2) is 0 Å². The third-order valence-electron chi connectivity index (χ3n) is 4.10. The third-order valence-corrected chi connectivity index (χ3v) is 4.10. The molecular weight excluding hydrogens is 272 g/mol. The average molecular weight is 296 g/mol. The molecule has 0 N–H and O–H groups in total. The predicted molar refractivity (Wildman–Crippen MR) is 90.3 cm³/mol. The van der Waals surface area contributed by atoms with Crippen LogP contribution >= 0.6 is 0 Å². The van der Waals surface area contributed by atoms with Crippen LogP contribution in [0.4, 0.5) is 5.82 Å². The Morgan fingerprint density at radius 3 is 2.27 bits per heavy atom. The molecule has 1 aromatic carbocycles. The zero-order chi connectivity index (χ0) is 15.4. The Hall–Kier alpha value is -1.87. The molecule has 2 atom stereocenters. The molecule has 2 heterocycles. The zero-order valence-electron chi connectivity index (χ0n) is 13.4. The highest BCUT2D eigenvalue weighted by Crippen LogP contribution is 2.18. The van der Waals surface area contributed by atoms with Crippen LogP contribution in [0.3, 0.4) is 0 Å². The molecule has 0 aliphatic carbocycles. The zero-order valence-corrected chi connectivity index (χ0v) is 13.4. The van der Waals surface area contributed by atoms with Gasteiger partial charge in [-0.05, 0) is 43.9 Å². The summed E-state index contributed by atoms with van der Waals surface area (Å²) in [6.45, 7) is 6.08. The van der Waals surface area contributed by atoms with Crippen molar-refractivity contribution in [3.8, 4) is 0 Å². The van der Waals surface area contributed by atoms with Crippen molar-refractivity contribution in [3.05, 3.63) is 59.8 Å². The Kier molecular flexibility index (Phi) is 4.74. The molecule has 0 spiro atoms. The number of aromatic nitrogens is 1. The number of hydrogen-bond donors (Lipinski definition) is 0. The van der Waals surface area contributed by atoms with Crippen molar-refractivity contribution in [2.24, 2.45) is 0 Å². The van der Waals surface area contributed by atoms with Gasteiger partial charge in [0, 0.05) is 19.3 Å². The van der Waals surface area contributed by atoms with Crippen LogP contribution in [0, 0.1) is 0 Å². The highest BCUT2D eigenvalue weighted by atomic mass is 16.5. The molecule has 1 aliphatic rings. The number of hydrogen-bond acceptors (Lipinski definition) is 3. The van der Waals surface area contributed by atoms with Gasteiger partial charge in [-0.1, -0.05) is 36.4 Å². The highest BCUT2D eigenvalue weighted by Gasteiger charge is 2.22. The Morgan fingerprint density at radius 1 is 0.955 bits per heavy atom. The quantitative estimate of drug-likeness (QED) is 0.863. The molecule has 3 heteroatoms. The van der Waals surface area contributed by atoms with Gasteiger partial charge >= 0.3 is 0 Å². The summed E-state index contributed by atoms with van der Waals surface area (Å²) >= 11 is 0. The lowest BCUT2D eigenvalue weighted by molar-refractivity contribution is -0.00545. The minimum atomic E-state index is 0.267. The van der Waals surface area contributed by atoms with Gasteiger partial charge in [0.1, 0.15) is 5.82 Å². The molecule has 1 saturated heterocycles. The standard InChI is InChI=1S/C19H24N2O/c1-15-13-21(14-16(2)22-15)19-11-10-18(12-20-19)9-8-17-6-4-3-5-7-17/h3-7,10-12,15-16H,8-9,13-14H2,1-2H3/t15-,16-/m1/s1. The van der Waals surface area contributed by atoms with Gasteiger partial charge in [-0.3, -0.25) is 0 Å².